The molecule has 0 spiro atoms. The van der Waals surface area contributed by atoms with Crippen molar-refractivity contribution in [2.75, 3.05) is 10.0 Å². The Labute approximate surface area is 183 Å². The molecule has 0 aliphatic rings. The Kier molecular flexibility index (Phi) is 6.36. The Morgan fingerprint density at radius 1 is 0.933 bits per heavy atom. The van der Waals surface area contributed by atoms with Crippen molar-refractivity contribution in [1.82, 2.24) is 0 Å². The molecule has 0 unspecified atom stereocenters. The van der Waals surface area contributed by atoms with Crippen LogP contribution >= 0.6 is 23.2 Å². The van der Waals surface area contributed by atoms with Gasteiger partial charge in [0.1, 0.15) is 5.82 Å². The molecule has 0 atom stereocenters. The molecule has 3 aromatic carbocycles. The van der Waals surface area contributed by atoms with Gasteiger partial charge < -0.3 is 5.32 Å². The van der Waals surface area contributed by atoms with Gasteiger partial charge in [-0.25, -0.2) is 12.8 Å². The summed E-state index contributed by atoms with van der Waals surface area (Å²) in [5.41, 5.74) is 2.23. The molecular formula is C21H17Cl2FN2O3S. The number of halogens is 3. The summed E-state index contributed by atoms with van der Waals surface area (Å²) in [6.45, 7) is 3.77. The monoisotopic (exact) mass is 466 g/mol. The Morgan fingerprint density at radius 3 is 2.30 bits per heavy atom. The van der Waals surface area contributed by atoms with Gasteiger partial charge in [-0.2, -0.15) is 0 Å². The van der Waals surface area contributed by atoms with E-state index in [1.54, 1.807) is 18.2 Å². The van der Waals surface area contributed by atoms with Gasteiger partial charge in [0.15, 0.2) is 0 Å². The Morgan fingerprint density at radius 2 is 1.67 bits per heavy atom. The Hall–Kier alpha value is -2.61. The van der Waals surface area contributed by atoms with E-state index in [4.69, 9.17) is 23.2 Å². The fourth-order valence-electron chi connectivity index (χ4n) is 2.65. The van der Waals surface area contributed by atoms with E-state index >= 15 is 0 Å². The summed E-state index contributed by atoms with van der Waals surface area (Å²) in [6, 6.07) is 12.6. The first kappa shape index (κ1) is 22.1. The highest BCUT2D eigenvalue weighted by Gasteiger charge is 2.19. The molecule has 156 valence electrons. The number of hydrogen-bond acceptors (Lipinski definition) is 3. The lowest BCUT2D eigenvalue weighted by atomic mass is 10.1. The molecule has 0 aliphatic heterocycles. The maximum atomic E-state index is 14.5. The number of aryl methyl sites for hydroxylation is 2. The van der Waals surface area contributed by atoms with Gasteiger partial charge in [0.05, 0.1) is 21.2 Å². The summed E-state index contributed by atoms with van der Waals surface area (Å²) >= 11 is 11.8. The lowest BCUT2D eigenvalue weighted by molar-refractivity contribution is 0.102. The van der Waals surface area contributed by atoms with Gasteiger partial charge in [-0.1, -0.05) is 29.3 Å². The molecule has 0 aliphatic carbocycles. The van der Waals surface area contributed by atoms with Gasteiger partial charge in [0.25, 0.3) is 15.9 Å². The van der Waals surface area contributed by atoms with Gasteiger partial charge >= 0.3 is 0 Å². The number of amides is 1. The summed E-state index contributed by atoms with van der Waals surface area (Å²) < 4.78 is 42.1. The molecule has 0 heterocycles. The van der Waals surface area contributed by atoms with Crippen molar-refractivity contribution in [3.8, 4) is 0 Å². The topological polar surface area (TPSA) is 75.3 Å². The lowest BCUT2D eigenvalue weighted by Crippen LogP contribution is -2.16. The minimum absolute atomic E-state index is 0.105. The molecule has 30 heavy (non-hydrogen) atoms. The van der Waals surface area contributed by atoms with Crippen molar-refractivity contribution in [3.05, 3.63) is 87.2 Å². The number of carbonyl (C=O) groups excluding carboxylic acids is 1. The molecular weight excluding hydrogens is 450 g/mol. The molecule has 3 aromatic rings. The first-order chi connectivity index (χ1) is 14.1. The summed E-state index contributed by atoms with van der Waals surface area (Å²) in [5, 5.41) is 2.84. The number of hydrogen-bond donors (Lipinski definition) is 2. The van der Waals surface area contributed by atoms with Crippen molar-refractivity contribution in [1.29, 1.82) is 0 Å². The van der Waals surface area contributed by atoms with E-state index in [9.17, 15) is 17.6 Å². The minimum atomic E-state index is -4.01. The summed E-state index contributed by atoms with van der Waals surface area (Å²) in [7, 11) is -4.01. The van der Waals surface area contributed by atoms with Crippen LogP contribution in [0, 0.1) is 19.7 Å². The molecule has 0 aromatic heterocycles. The van der Waals surface area contributed by atoms with Gasteiger partial charge in [0.2, 0.25) is 0 Å². The van der Waals surface area contributed by atoms with Crippen LogP contribution in [0.2, 0.25) is 10.0 Å². The van der Waals surface area contributed by atoms with E-state index in [0.29, 0.717) is 10.7 Å². The van der Waals surface area contributed by atoms with Crippen LogP contribution in [0.3, 0.4) is 0 Å². The molecule has 0 saturated heterocycles. The van der Waals surface area contributed by atoms with Crippen molar-refractivity contribution in [2.45, 2.75) is 18.7 Å². The van der Waals surface area contributed by atoms with E-state index in [1.165, 1.54) is 30.3 Å². The molecule has 3 rings (SSSR count). The third-order valence-electron chi connectivity index (χ3n) is 4.43. The SMILES string of the molecule is Cc1ccc(NS(=O)(=O)c2ccc(NC(=O)c3ccc(Cl)cc3Cl)c(F)c2)cc1C. The van der Waals surface area contributed by atoms with Gasteiger partial charge in [0, 0.05) is 10.7 Å². The van der Waals surface area contributed by atoms with E-state index in [-0.39, 0.29) is 21.2 Å². The molecule has 0 radical (unpaired) electrons. The Bertz CT molecular complexity index is 1250. The first-order valence-electron chi connectivity index (χ1n) is 8.73. The highest BCUT2D eigenvalue weighted by atomic mass is 35.5. The highest BCUT2D eigenvalue weighted by Crippen LogP contribution is 2.25. The molecule has 0 bridgehead atoms. The van der Waals surface area contributed by atoms with E-state index in [0.717, 1.165) is 17.2 Å². The normalized spacial score (nSPS) is 11.2. The summed E-state index contributed by atoms with van der Waals surface area (Å²) in [4.78, 5) is 12.1. The average Bonchev–Trinajstić information content (AvgIpc) is 2.66. The number of benzene rings is 3. The number of rotatable bonds is 5. The standard InChI is InChI=1S/C21H17Cl2FN2O3S/c1-12-3-5-15(9-13(12)2)26-30(28,29)16-6-8-20(19(24)11-16)25-21(27)17-7-4-14(22)10-18(17)23/h3-11,26H,1-2H3,(H,25,27). The lowest BCUT2D eigenvalue weighted by Gasteiger charge is -2.12. The molecule has 5 nitrogen and oxygen atoms in total. The van der Waals surface area contributed by atoms with Gasteiger partial charge in [-0.05, 0) is 73.5 Å². The maximum absolute atomic E-state index is 14.5. The highest BCUT2D eigenvalue weighted by molar-refractivity contribution is 7.92. The first-order valence-corrected chi connectivity index (χ1v) is 11.0. The fourth-order valence-corrected chi connectivity index (χ4v) is 4.20. The molecule has 0 fully saturated rings. The molecule has 0 saturated carbocycles. The van der Waals surface area contributed by atoms with Gasteiger partial charge in [-0.15, -0.1) is 0 Å². The second kappa shape index (κ2) is 8.63. The minimum Gasteiger partial charge on any atom is -0.319 e. The van der Waals surface area contributed by atoms with Gasteiger partial charge in [-0.3, -0.25) is 9.52 Å². The largest absolute Gasteiger partial charge is 0.319 e. The fraction of sp³-hybridized carbons (Fsp3) is 0.0952. The maximum Gasteiger partial charge on any atom is 0.261 e. The van der Waals surface area contributed by atoms with Crippen molar-refractivity contribution in [3.63, 3.8) is 0 Å². The predicted octanol–water partition coefficient (Wildman–Crippen LogP) is 5.80. The van der Waals surface area contributed by atoms with Crippen LogP contribution in [0.5, 0.6) is 0 Å². The predicted molar refractivity (Wildman–Crippen MR) is 118 cm³/mol. The van der Waals surface area contributed by atoms with Crippen molar-refractivity contribution >= 4 is 50.5 Å². The zero-order valence-electron chi connectivity index (χ0n) is 16.0. The zero-order valence-corrected chi connectivity index (χ0v) is 18.3. The number of anilines is 2. The zero-order chi connectivity index (χ0) is 22.1. The van der Waals surface area contributed by atoms with E-state index < -0.39 is 21.7 Å². The van der Waals surface area contributed by atoms with Crippen molar-refractivity contribution in [2.24, 2.45) is 0 Å². The second-order valence-electron chi connectivity index (χ2n) is 6.62. The van der Waals surface area contributed by atoms with E-state index in [1.807, 2.05) is 13.8 Å². The summed E-state index contributed by atoms with van der Waals surface area (Å²) in [6.07, 6.45) is 0. The van der Waals surface area contributed by atoms with Crippen LogP contribution < -0.4 is 10.0 Å². The van der Waals surface area contributed by atoms with Crippen LogP contribution in [0.4, 0.5) is 15.8 Å². The summed E-state index contributed by atoms with van der Waals surface area (Å²) in [5.74, 6) is -1.56. The van der Waals surface area contributed by atoms with Crippen LogP contribution in [-0.4, -0.2) is 14.3 Å². The smallest absolute Gasteiger partial charge is 0.261 e. The number of carbonyl (C=O) groups is 1. The number of sulfonamides is 1. The molecule has 1 amide bonds. The van der Waals surface area contributed by atoms with Crippen LogP contribution in [0.15, 0.2) is 59.5 Å². The van der Waals surface area contributed by atoms with Crippen LogP contribution in [0.25, 0.3) is 0 Å². The van der Waals surface area contributed by atoms with Crippen LogP contribution in [0.1, 0.15) is 21.5 Å². The average molecular weight is 467 g/mol. The third kappa shape index (κ3) is 4.92. The van der Waals surface area contributed by atoms with Crippen molar-refractivity contribution < 1.29 is 17.6 Å². The molecule has 2 N–H and O–H groups in total. The van der Waals surface area contributed by atoms with E-state index in [2.05, 4.69) is 10.0 Å². The third-order valence-corrected chi connectivity index (χ3v) is 6.36. The molecule has 9 heteroatoms. The quantitative estimate of drug-likeness (QED) is 0.498. The van der Waals surface area contributed by atoms with Crippen LogP contribution in [-0.2, 0) is 10.0 Å². The number of nitrogens with one attached hydrogen (secondary N) is 2. The second-order valence-corrected chi connectivity index (χ2v) is 9.15. The Balaban J connectivity index is 1.81.